The number of unbranched alkanes of at least 4 members (excludes halogenated alkanes) is 1. The first kappa shape index (κ1) is 13.6. The summed E-state index contributed by atoms with van der Waals surface area (Å²) in [5.41, 5.74) is 7.30. The van der Waals surface area contributed by atoms with Crippen molar-refractivity contribution in [2.45, 2.75) is 19.3 Å². The molecule has 0 saturated heterocycles. The summed E-state index contributed by atoms with van der Waals surface area (Å²) < 4.78 is 13.6. The monoisotopic (exact) mass is 328 g/mol. The van der Waals surface area contributed by atoms with Crippen LogP contribution in [-0.4, -0.2) is 11.5 Å². The molecule has 2 rings (SSSR count). The van der Waals surface area contributed by atoms with E-state index in [1.54, 1.807) is 23.5 Å². The molecule has 0 fully saturated rings. The van der Waals surface area contributed by atoms with E-state index in [4.69, 9.17) is 5.73 Å². The summed E-state index contributed by atoms with van der Waals surface area (Å²) in [6.45, 7) is 0.725. The number of aryl methyl sites for hydroxylation is 1. The van der Waals surface area contributed by atoms with Crippen molar-refractivity contribution in [3.05, 3.63) is 38.9 Å². The van der Waals surface area contributed by atoms with Gasteiger partial charge in [0.25, 0.3) is 0 Å². The van der Waals surface area contributed by atoms with Gasteiger partial charge in [-0.1, -0.05) is 0 Å². The first-order valence-corrected chi connectivity index (χ1v) is 7.48. The minimum atomic E-state index is -0.253. The molecule has 0 amide bonds. The van der Waals surface area contributed by atoms with Crippen LogP contribution in [0.25, 0.3) is 11.3 Å². The number of nitrogens with two attached hydrogens (primary N) is 1. The number of nitrogens with zero attached hydrogens (tertiary/aromatic N) is 1. The van der Waals surface area contributed by atoms with Crippen LogP contribution in [0.3, 0.4) is 0 Å². The summed E-state index contributed by atoms with van der Waals surface area (Å²) in [6.07, 6.45) is 3.05. The first-order valence-electron chi connectivity index (χ1n) is 5.80. The number of hydrogen-bond acceptors (Lipinski definition) is 3. The van der Waals surface area contributed by atoms with Gasteiger partial charge in [-0.3, -0.25) is 0 Å². The molecule has 0 saturated carbocycles. The van der Waals surface area contributed by atoms with E-state index in [2.05, 4.69) is 20.9 Å². The van der Waals surface area contributed by atoms with Crippen molar-refractivity contribution >= 4 is 27.3 Å². The van der Waals surface area contributed by atoms with Crippen molar-refractivity contribution in [1.82, 2.24) is 4.98 Å². The van der Waals surface area contributed by atoms with Gasteiger partial charge >= 0.3 is 0 Å². The maximum atomic E-state index is 13.1. The van der Waals surface area contributed by atoms with Crippen molar-refractivity contribution in [3.63, 3.8) is 0 Å². The van der Waals surface area contributed by atoms with Gasteiger partial charge in [0.15, 0.2) is 0 Å². The van der Waals surface area contributed by atoms with Gasteiger partial charge in [0.05, 0.1) is 15.2 Å². The third-order valence-corrected chi connectivity index (χ3v) is 4.13. The second kappa shape index (κ2) is 6.41. The molecule has 96 valence electrons. The van der Waals surface area contributed by atoms with Gasteiger partial charge in [-0.05, 0) is 59.9 Å². The Morgan fingerprint density at radius 1 is 1.33 bits per heavy atom. The third-order valence-electron chi connectivity index (χ3n) is 2.61. The van der Waals surface area contributed by atoms with Crippen LogP contribution in [0.4, 0.5) is 4.39 Å². The van der Waals surface area contributed by atoms with Crippen molar-refractivity contribution < 1.29 is 4.39 Å². The largest absolute Gasteiger partial charge is 0.330 e. The molecule has 18 heavy (non-hydrogen) atoms. The molecule has 0 aliphatic heterocycles. The smallest absolute Gasteiger partial charge is 0.137 e. The predicted octanol–water partition coefficient (Wildman–Crippen LogP) is 3.99. The van der Waals surface area contributed by atoms with E-state index >= 15 is 0 Å². The van der Waals surface area contributed by atoms with E-state index in [9.17, 15) is 4.39 Å². The van der Waals surface area contributed by atoms with Crippen LogP contribution in [0.1, 0.15) is 17.8 Å². The van der Waals surface area contributed by atoms with Crippen molar-refractivity contribution in [1.29, 1.82) is 0 Å². The van der Waals surface area contributed by atoms with Gasteiger partial charge in [0.1, 0.15) is 5.82 Å². The molecule has 0 aliphatic rings. The first-order chi connectivity index (χ1) is 8.70. The predicted molar refractivity (Wildman–Crippen MR) is 77.2 cm³/mol. The SMILES string of the molecule is NCCCCc1nc(-c2ccc(F)c(Br)c2)cs1. The van der Waals surface area contributed by atoms with Gasteiger partial charge in [-0.25, -0.2) is 9.37 Å². The number of rotatable bonds is 5. The summed E-state index contributed by atoms with van der Waals surface area (Å²) in [5.74, 6) is -0.253. The number of thiazole rings is 1. The zero-order chi connectivity index (χ0) is 13.0. The number of hydrogen-bond donors (Lipinski definition) is 1. The van der Waals surface area contributed by atoms with E-state index in [-0.39, 0.29) is 5.82 Å². The Labute approximate surface area is 118 Å². The molecule has 1 aromatic heterocycles. The molecule has 0 unspecified atom stereocenters. The van der Waals surface area contributed by atoms with Crippen LogP contribution >= 0.6 is 27.3 Å². The average molecular weight is 329 g/mol. The summed E-state index contributed by atoms with van der Waals surface area (Å²) in [6, 6.07) is 4.96. The van der Waals surface area contributed by atoms with Gasteiger partial charge in [-0.2, -0.15) is 0 Å². The van der Waals surface area contributed by atoms with Crippen molar-refractivity contribution in [2.75, 3.05) is 6.54 Å². The van der Waals surface area contributed by atoms with Gasteiger partial charge in [-0.15, -0.1) is 11.3 Å². The highest BCUT2D eigenvalue weighted by Crippen LogP contribution is 2.26. The Balaban J connectivity index is 2.11. The summed E-state index contributed by atoms with van der Waals surface area (Å²) >= 11 is 4.83. The Hall–Kier alpha value is -0.780. The lowest BCUT2D eigenvalue weighted by Crippen LogP contribution is -1.98. The summed E-state index contributed by atoms with van der Waals surface area (Å²) in [4.78, 5) is 4.56. The molecule has 1 aromatic carbocycles. The molecular formula is C13H14BrFN2S. The second-order valence-electron chi connectivity index (χ2n) is 4.00. The fourth-order valence-corrected chi connectivity index (χ4v) is 2.86. The molecule has 0 spiro atoms. The minimum absolute atomic E-state index is 0.253. The standard InChI is InChI=1S/C13H14BrFN2S/c14-10-7-9(4-5-11(10)15)12-8-18-13(17-12)3-1-2-6-16/h4-5,7-8H,1-3,6,16H2. The molecule has 0 radical (unpaired) electrons. The lowest BCUT2D eigenvalue weighted by molar-refractivity contribution is 0.621. The minimum Gasteiger partial charge on any atom is -0.330 e. The maximum absolute atomic E-state index is 13.1. The maximum Gasteiger partial charge on any atom is 0.137 e. The van der Waals surface area contributed by atoms with Crippen molar-refractivity contribution in [3.8, 4) is 11.3 Å². The second-order valence-corrected chi connectivity index (χ2v) is 5.80. The third kappa shape index (κ3) is 3.37. The highest BCUT2D eigenvalue weighted by molar-refractivity contribution is 9.10. The fraction of sp³-hybridized carbons (Fsp3) is 0.308. The normalized spacial score (nSPS) is 10.8. The van der Waals surface area contributed by atoms with E-state index in [1.165, 1.54) is 6.07 Å². The van der Waals surface area contributed by atoms with Gasteiger partial charge in [0, 0.05) is 10.9 Å². The molecule has 5 heteroatoms. The van der Waals surface area contributed by atoms with Crippen molar-refractivity contribution in [2.24, 2.45) is 5.73 Å². The molecule has 0 aliphatic carbocycles. The average Bonchev–Trinajstić information content (AvgIpc) is 2.82. The summed E-state index contributed by atoms with van der Waals surface area (Å²) in [7, 11) is 0. The van der Waals surface area contributed by atoms with E-state index in [0.717, 1.165) is 42.1 Å². The lowest BCUT2D eigenvalue weighted by Gasteiger charge is -1.99. The van der Waals surface area contributed by atoms with Crippen LogP contribution in [0, 0.1) is 5.82 Å². The zero-order valence-electron chi connectivity index (χ0n) is 9.83. The molecule has 0 atom stereocenters. The quantitative estimate of drug-likeness (QED) is 0.843. The highest BCUT2D eigenvalue weighted by atomic mass is 79.9. The fourth-order valence-electron chi connectivity index (χ4n) is 1.63. The van der Waals surface area contributed by atoms with Crippen LogP contribution in [0.5, 0.6) is 0 Å². The number of benzene rings is 1. The summed E-state index contributed by atoms with van der Waals surface area (Å²) in [5, 5.41) is 3.12. The van der Waals surface area contributed by atoms with Crippen LogP contribution in [0.2, 0.25) is 0 Å². The van der Waals surface area contributed by atoms with Gasteiger partial charge < -0.3 is 5.73 Å². The number of aromatic nitrogens is 1. The Morgan fingerprint density at radius 2 is 2.17 bits per heavy atom. The number of halogens is 2. The van der Waals surface area contributed by atoms with Gasteiger partial charge in [0.2, 0.25) is 0 Å². The highest BCUT2D eigenvalue weighted by Gasteiger charge is 2.07. The zero-order valence-corrected chi connectivity index (χ0v) is 12.2. The van der Waals surface area contributed by atoms with E-state index in [1.807, 2.05) is 5.38 Å². The Bertz CT molecular complexity index is 527. The molecule has 2 aromatic rings. The van der Waals surface area contributed by atoms with Crippen LogP contribution in [-0.2, 0) is 6.42 Å². The lowest BCUT2D eigenvalue weighted by atomic mass is 10.2. The molecule has 0 bridgehead atoms. The Kier molecular flexibility index (Phi) is 4.86. The Morgan fingerprint density at radius 3 is 2.89 bits per heavy atom. The topological polar surface area (TPSA) is 38.9 Å². The van der Waals surface area contributed by atoms with Crippen LogP contribution in [0.15, 0.2) is 28.1 Å². The van der Waals surface area contributed by atoms with E-state index < -0.39 is 0 Å². The molecular weight excluding hydrogens is 315 g/mol. The molecule has 1 heterocycles. The van der Waals surface area contributed by atoms with Crippen LogP contribution < -0.4 is 5.73 Å². The molecule has 2 N–H and O–H groups in total. The molecule has 2 nitrogen and oxygen atoms in total. The van der Waals surface area contributed by atoms with E-state index in [0.29, 0.717) is 4.47 Å².